The van der Waals surface area contributed by atoms with Gasteiger partial charge < -0.3 is 15.5 Å². The van der Waals surface area contributed by atoms with Gasteiger partial charge in [0.25, 0.3) is 10.0 Å². The molecule has 4 N–H and O–H groups in total. The fourth-order valence-electron chi connectivity index (χ4n) is 4.80. The Bertz CT molecular complexity index is 1450. The minimum atomic E-state index is -3.89. The molecule has 3 aromatic rings. The summed E-state index contributed by atoms with van der Waals surface area (Å²) in [4.78, 5) is 22.3. The van der Waals surface area contributed by atoms with E-state index >= 15 is 0 Å². The minimum absolute atomic E-state index is 0.0143. The molecule has 0 saturated heterocycles. The van der Waals surface area contributed by atoms with E-state index in [-0.39, 0.29) is 39.6 Å². The van der Waals surface area contributed by atoms with Crippen molar-refractivity contribution in [3.63, 3.8) is 0 Å². The third kappa shape index (κ3) is 4.26. The molecule has 1 aliphatic heterocycles. The van der Waals surface area contributed by atoms with Gasteiger partial charge in [-0.2, -0.15) is 0 Å². The third-order valence-electron chi connectivity index (χ3n) is 6.55. The van der Waals surface area contributed by atoms with Crippen LogP contribution in [-0.2, 0) is 10.0 Å². The SMILES string of the molecule is O=C(O)c1ccc(NS(=O)(=O)c2ccc3c(c2)[C@H]2C=CC[C@H]2[C@@H](c2ccc(C(=O)O)cc2)N3)cc1. The maximum Gasteiger partial charge on any atom is 0.335 e. The normalized spacial score (nSPS) is 20.4. The van der Waals surface area contributed by atoms with Crippen molar-refractivity contribution >= 4 is 33.3 Å². The monoisotopic (exact) mass is 490 g/mol. The highest BCUT2D eigenvalue weighted by molar-refractivity contribution is 7.92. The van der Waals surface area contributed by atoms with E-state index in [1.54, 1.807) is 24.3 Å². The smallest absolute Gasteiger partial charge is 0.335 e. The van der Waals surface area contributed by atoms with Crippen LogP contribution in [0.15, 0.2) is 83.8 Å². The first-order valence-corrected chi connectivity index (χ1v) is 12.5. The Morgan fingerprint density at radius 2 is 1.51 bits per heavy atom. The highest BCUT2D eigenvalue weighted by Crippen LogP contribution is 2.50. The predicted octanol–water partition coefficient (Wildman–Crippen LogP) is 4.71. The summed E-state index contributed by atoms with van der Waals surface area (Å²) in [5.41, 5.74) is 3.25. The van der Waals surface area contributed by atoms with Crippen LogP contribution < -0.4 is 10.0 Å². The highest BCUT2D eigenvalue weighted by Gasteiger charge is 2.38. The van der Waals surface area contributed by atoms with E-state index in [0.717, 1.165) is 23.2 Å². The lowest BCUT2D eigenvalue weighted by Crippen LogP contribution is -2.29. The van der Waals surface area contributed by atoms with E-state index in [0.29, 0.717) is 0 Å². The largest absolute Gasteiger partial charge is 0.478 e. The third-order valence-corrected chi connectivity index (χ3v) is 7.92. The molecule has 1 heterocycles. The second-order valence-electron chi connectivity index (χ2n) is 8.64. The molecule has 0 fully saturated rings. The van der Waals surface area contributed by atoms with E-state index < -0.39 is 22.0 Å². The van der Waals surface area contributed by atoms with Gasteiger partial charge in [-0.05, 0) is 78.1 Å². The van der Waals surface area contributed by atoms with Crippen LogP contribution in [0.1, 0.15) is 50.2 Å². The second kappa shape index (κ2) is 8.59. The quantitative estimate of drug-likeness (QED) is 0.368. The van der Waals surface area contributed by atoms with E-state index in [2.05, 4.69) is 22.2 Å². The molecule has 0 aromatic heterocycles. The van der Waals surface area contributed by atoms with Gasteiger partial charge in [-0.1, -0.05) is 24.3 Å². The lowest BCUT2D eigenvalue weighted by molar-refractivity contribution is 0.0686. The Morgan fingerprint density at radius 3 is 2.14 bits per heavy atom. The molecule has 0 bridgehead atoms. The van der Waals surface area contributed by atoms with E-state index in [4.69, 9.17) is 5.11 Å². The number of allylic oxidation sites excluding steroid dienone is 2. The van der Waals surface area contributed by atoms with Crippen molar-refractivity contribution in [3.05, 3.63) is 101 Å². The van der Waals surface area contributed by atoms with Gasteiger partial charge in [-0.3, -0.25) is 4.72 Å². The van der Waals surface area contributed by atoms with Gasteiger partial charge in [0.2, 0.25) is 0 Å². The van der Waals surface area contributed by atoms with E-state index in [1.807, 2.05) is 12.1 Å². The summed E-state index contributed by atoms with van der Waals surface area (Å²) in [6, 6.07) is 17.2. The van der Waals surface area contributed by atoms with E-state index in [9.17, 15) is 23.1 Å². The standard InChI is InChI=1S/C26H22N2O6S/c29-25(30)16-6-4-15(5-7-16)24-21-3-1-2-20(21)22-14-19(12-13-23(22)27-24)35(33,34)28-18-10-8-17(9-11-18)26(31)32/h1-2,4-14,20-21,24,27-28H,3H2,(H,29,30)(H,31,32)/t20-,21+,24+/m0/s1. The molecule has 3 atom stereocenters. The zero-order valence-electron chi connectivity index (χ0n) is 18.4. The van der Waals surface area contributed by atoms with Gasteiger partial charge >= 0.3 is 11.9 Å². The van der Waals surface area contributed by atoms with Gasteiger partial charge in [-0.15, -0.1) is 0 Å². The molecule has 0 unspecified atom stereocenters. The Labute approximate surface area is 202 Å². The number of carbonyl (C=O) groups is 2. The summed E-state index contributed by atoms with van der Waals surface area (Å²) in [6.45, 7) is 0. The van der Waals surface area contributed by atoms with E-state index in [1.165, 1.54) is 30.3 Å². The number of anilines is 2. The summed E-state index contributed by atoms with van der Waals surface area (Å²) >= 11 is 0. The number of benzene rings is 3. The van der Waals surface area contributed by atoms with Crippen LogP contribution >= 0.6 is 0 Å². The van der Waals surface area contributed by atoms with Crippen molar-refractivity contribution < 1.29 is 28.2 Å². The average molecular weight is 491 g/mol. The van der Waals surface area contributed by atoms with Crippen LogP contribution in [-0.4, -0.2) is 30.6 Å². The first-order valence-electron chi connectivity index (χ1n) is 11.0. The van der Waals surface area contributed by atoms with Gasteiger partial charge in [0.05, 0.1) is 22.1 Å². The Morgan fingerprint density at radius 1 is 0.886 bits per heavy atom. The topological polar surface area (TPSA) is 133 Å². The van der Waals surface area contributed by atoms with Gasteiger partial charge in [0.15, 0.2) is 0 Å². The number of sulfonamides is 1. The molecule has 0 spiro atoms. The fraction of sp³-hybridized carbons (Fsp3) is 0.154. The van der Waals surface area contributed by atoms with Crippen LogP contribution in [0, 0.1) is 5.92 Å². The molecule has 3 aromatic carbocycles. The number of hydrogen-bond donors (Lipinski definition) is 4. The molecule has 1 aliphatic carbocycles. The molecule has 178 valence electrons. The second-order valence-corrected chi connectivity index (χ2v) is 10.3. The molecular weight excluding hydrogens is 468 g/mol. The maximum atomic E-state index is 13.1. The Hall–Kier alpha value is -4.11. The number of fused-ring (bicyclic) bond motifs is 3. The minimum Gasteiger partial charge on any atom is -0.478 e. The molecule has 0 amide bonds. The first-order chi connectivity index (χ1) is 16.7. The molecular formula is C26H22N2O6S. The molecule has 2 aliphatic rings. The predicted molar refractivity (Wildman–Crippen MR) is 130 cm³/mol. The molecule has 0 radical (unpaired) electrons. The lowest BCUT2D eigenvalue weighted by Gasteiger charge is -2.37. The van der Waals surface area contributed by atoms with Crippen molar-refractivity contribution in [1.29, 1.82) is 0 Å². The fourth-order valence-corrected chi connectivity index (χ4v) is 5.89. The summed E-state index contributed by atoms with van der Waals surface area (Å²) in [5, 5.41) is 21.7. The molecule has 35 heavy (non-hydrogen) atoms. The van der Waals surface area contributed by atoms with Crippen molar-refractivity contribution in [2.45, 2.75) is 23.3 Å². The van der Waals surface area contributed by atoms with Crippen molar-refractivity contribution in [3.8, 4) is 0 Å². The van der Waals surface area contributed by atoms with Crippen LogP contribution in [0.4, 0.5) is 11.4 Å². The van der Waals surface area contributed by atoms with Crippen LogP contribution in [0.3, 0.4) is 0 Å². The summed E-state index contributed by atoms with van der Waals surface area (Å²) in [7, 11) is -3.89. The molecule has 5 rings (SSSR count). The van der Waals surface area contributed by atoms with Crippen molar-refractivity contribution in [1.82, 2.24) is 0 Å². The first kappa shape index (κ1) is 22.7. The lowest BCUT2D eigenvalue weighted by atomic mass is 9.77. The number of carboxylic acid groups (broad SMARTS) is 2. The maximum absolute atomic E-state index is 13.1. The van der Waals surface area contributed by atoms with Crippen LogP contribution in [0.2, 0.25) is 0 Å². The summed E-state index contributed by atoms with van der Waals surface area (Å²) in [6.07, 6.45) is 5.00. The highest BCUT2D eigenvalue weighted by atomic mass is 32.2. The Kier molecular flexibility index (Phi) is 5.56. The van der Waals surface area contributed by atoms with Gasteiger partial charge in [0, 0.05) is 17.3 Å². The summed E-state index contributed by atoms with van der Waals surface area (Å²) in [5.74, 6) is -1.89. The van der Waals surface area contributed by atoms with Crippen molar-refractivity contribution in [2.75, 3.05) is 10.0 Å². The van der Waals surface area contributed by atoms with Gasteiger partial charge in [-0.25, -0.2) is 18.0 Å². The van der Waals surface area contributed by atoms with Crippen LogP contribution in [0.25, 0.3) is 0 Å². The number of rotatable bonds is 6. The molecule has 8 nitrogen and oxygen atoms in total. The number of nitrogens with one attached hydrogen (secondary N) is 2. The van der Waals surface area contributed by atoms with Crippen molar-refractivity contribution in [2.24, 2.45) is 5.92 Å². The number of hydrogen-bond acceptors (Lipinski definition) is 5. The Balaban J connectivity index is 1.43. The number of carboxylic acids is 2. The zero-order chi connectivity index (χ0) is 24.7. The number of aromatic carboxylic acids is 2. The zero-order valence-corrected chi connectivity index (χ0v) is 19.2. The molecule has 9 heteroatoms. The summed E-state index contributed by atoms with van der Waals surface area (Å²) < 4.78 is 28.6. The van der Waals surface area contributed by atoms with Gasteiger partial charge in [0.1, 0.15) is 0 Å². The molecule has 0 saturated carbocycles. The average Bonchev–Trinajstić information content (AvgIpc) is 3.34. The van der Waals surface area contributed by atoms with Crippen LogP contribution in [0.5, 0.6) is 0 Å².